The van der Waals surface area contributed by atoms with Crippen molar-refractivity contribution < 1.29 is 47.7 Å². The third kappa shape index (κ3) is 9.99. The van der Waals surface area contributed by atoms with Crippen molar-refractivity contribution in [1.29, 1.82) is 0 Å². The van der Waals surface area contributed by atoms with Gasteiger partial charge in [-0.1, -0.05) is 91.0 Å². The second kappa shape index (κ2) is 17.7. The van der Waals surface area contributed by atoms with Gasteiger partial charge in [0.2, 0.25) is 0 Å². The van der Waals surface area contributed by atoms with Crippen molar-refractivity contribution in [3.8, 4) is 0 Å². The molecule has 0 aliphatic rings. The minimum atomic E-state index is -1.68. The highest BCUT2D eigenvalue weighted by atomic mass is 16.6. The Bertz CT molecular complexity index is 1900. The van der Waals surface area contributed by atoms with Gasteiger partial charge in [0.05, 0.1) is 27.8 Å². The van der Waals surface area contributed by atoms with E-state index in [1.54, 1.807) is 103 Å². The molecule has 0 fully saturated rings. The summed E-state index contributed by atoms with van der Waals surface area (Å²) in [7, 11) is 0. The molecule has 5 aromatic carbocycles. The summed E-state index contributed by atoms with van der Waals surface area (Å²) < 4.78 is 29.3. The highest BCUT2D eigenvalue weighted by Crippen LogP contribution is 2.24. The van der Waals surface area contributed by atoms with Crippen molar-refractivity contribution in [3.05, 3.63) is 179 Å². The third-order valence-electron chi connectivity index (χ3n) is 7.62. The van der Waals surface area contributed by atoms with Crippen LogP contribution in [0.25, 0.3) is 0 Å². The van der Waals surface area contributed by atoms with Crippen molar-refractivity contribution in [2.24, 2.45) is 0 Å². The fourth-order valence-corrected chi connectivity index (χ4v) is 4.99. The highest BCUT2D eigenvalue weighted by Gasteiger charge is 2.44. The van der Waals surface area contributed by atoms with Crippen LogP contribution in [0.1, 0.15) is 58.7 Å². The Morgan fingerprint density at radius 3 is 1.06 bits per heavy atom. The molecule has 0 aliphatic carbocycles. The van der Waals surface area contributed by atoms with Gasteiger partial charge in [-0.25, -0.2) is 24.0 Å². The number of ether oxygens (including phenoxy) is 5. The number of carbonyl (C=O) groups excluding carboxylic acids is 5. The Morgan fingerprint density at radius 2 is 0.686 bits per heavy atom. The molecule has 5 aromatic rings. The first-order chi connectivity index (χ1) is 24.8. The molecular formula is C41H34O10. The van der Waals surface area contributed by atoms with Gasteiger partial charge < -0.3 is 23.7 Å². The molecule has 0 amide bonds. The number of hydrogen-bond donors (Lipinski definition) is 0. The van der Waals surface area contributed by atoms with E-state index in [1.165, 1.54) is 55.5 Å². The van der Waals surface area contributed by atoms with Crippen LogP contribution in [0.3, 0.4) is 0 Å². The maximum Gasteiger partial charge on any atom is 0.338 e. The van der Waals surface area contributed by atoms with Crippen LogP contribution in [0.4, 0.5) is 0 Å². The monoisotopic (exact) mass is 686 g/mol. The van der Waals surface area contributed by atoms with Crippen LogP contribution in [0, 0.1) is 0 Å². The summed E-state index contributed by atoms with van der Waals surface area (Å²) >= 11 is 0. The maximum atomic E-state index is 13.7. The molecule has 258 valence electrons. The van der Waals surface area contributed by atoms with Crippen LogP contribution in [-0.4, -0.2) is 60.9 Å². The predicted molar refractivity (Wildman–Crippen MR) is 185 cm³/mol. The number of carbonyl (C=O) groups is 5. The van der Waals surface area contributed by atoms with Crippen LogP contribution in [0.5, 0.6) is 0 Å². The van der Waals surface area contributed by atoms with Crippen molar-refractivity contribution in [2.45, 2.75) is 31.3 Å². The zero-order chi connectivity index (χ0) is 36.0. The summed E-state index contributed by atoms with van der Waals surface area (Å²) in [5.41, 5.74) is 0.829. The molecule has 0 radical (unpaired) electrons. The Kier molecular flexibility index (Phi) is 12.4. The lowest BCUT2D eigenvalue weighted by Gasteiger charge is -2.35. The molecule has 10 nitrogen and oxygen atoms in total. The summed E-state index contributed by atoms with van der Waals surface area (Å²) in [6.45, 7) is 0.803. The molecule has 10 heteroatoms. The Morgan fingerprint density at radius 1 is 0.392 bits per heavy atom. The van der Waals surface area contributed by atoms with Gasteiger partial charge in [0, 0.05) is 0 Å². The molecule has 51 heavy (non-hydrogen) atoms. The van der Waals surface area contributed by atoms with Crippen molar-refractivity contribution in [1.82, 2.24) is 0 Å². The molecule has 0 saturated carbocycles. The van der Waals surface area contributed by atoms with E-state index >= 15 is 0 Å². The van der Waals surface area contributed by atoms with Gasteiger partial charge in [-0.2, -0.15) is 0 Å². The number of esters is 5. The fourth-order valence-electron chi connectivity index (χ4n) is 4.99. The zero-order valence-corrected chi connectivity index (χ0v) is 27.5. The van der Waals surface area contributed by atoms with E-state index in [-0.39, 0.29) is 27.8 Å². The standard InChI is InChI=1S/C41H34O10/c1-28(48-38(43)30-19-9-3-10-20-30)35(50-40(45)32-23-13-5-14-24-32)36(51-41(46)33-25-15-6-16-26-33)34(49-39(44)31-21-11-4-12-22-31)27-47-37(42)29-17-7-2-8-18-29/h2-26,28,34-36H,27H2,1H3/t28-,34-,35+,36-/m1/s1. The molecule has 0 unspecified atom stereocenters. The van der Waals surface area contributed by atoms with Crippen LogP contribution < -0.4 is 0 Å². The summed E-state index contributed by atoms with van der Waals surface area (Å²) in [4.78, 5) is 67.2. The van der Waals surface area contributed by atoms with E-state index < -0.39 is 60.9 Å². The first kappa shape index (κ1) is 35.7. The first-order valence-corrected chi connectivity index (χ1v) is 16.1. The Balaban J connectivity index is 1.56. The minimum absolute atomic E-state index is 0.124. The van der Waals surface area contributed by atoms with Gasteiger partial charge in [0.1, 0.15) is 12.7 Å². The van der Waals surface area contributed by atoms with Gasteiger partial charge in [0.25, 0.3) is 0 Å². The summed E-state index contributed by atoms with van der Waals surface area (Å²) in [5.74, 6) is -4.09. The van der Waals surface area contributed by atoms with Crippen molar-refractivity contribution in [2.75, 3.05) is 6.61 Å². The molecule has 0 aliphatic heterocycles. The fraction of sp³-hybridized carbons (Fsp3) is 0.146. The molecule has 0 aromatic heterocycles. The molecule has 0 saturated heterocycles. The molecular weight excluding hydrogens is 652 g/mol. The molecule has 0 heterocycles. The number of hydrogen-bond acceptors (Lipinski definition) is 10. The van der Waals surface area contributed by atoms with Gasteiger partial charge >= 0.3 is 29.8 Å². The average molecular weight is 687 g/mol. The van der Waals surface area contributed by atoms with E-state index in [2.05, 4.69) is 0 Å². The normalized spacial score (nSPS) is 13.0. The third-order valence-corrected chi connectivity index (χ3v) is 7.62. The molecule has 0 N–H and O–H groups in total. The number of benzene rings is 5. The Hall–Kier alpha value is -6.55. The largest absolute Gasteiger partial charge is 0.458 e. The van der Waals surface area contributed by atoms with E-state index in [0.29, 0.717) is 0 Å². The zero-order valence-electron chi connectivity index (χ0n) is 27.5. The van der Waals surface area contributed by atoms with Gasteiger partial charge in [-0.15, -0.1) is 0 Å². The van der Waals surface area contributed by atoms with E-state index in [9.17, 15) is 24.0 Å². The molecule has 4 atom stereocenters. The second-order valence-electron chi connectivity index (χ2n) is 11.2. The van der Waals surface area contributed by atoms with Crippen molar-refractivity contribution in [3.63, 3.8) is 0 Å². The van der Waals surface area contributed by atoms with E-state index in [4.69, 9.17) is 23.7 Å². The van der Waals surface area contributed by atoms with Gasteiger partial charge in [0.15, 0.2) is 18.3 Å². The topological polar surface area (TPSA) is 132 Å². The lowest BCUT2D eigenvalue weighted by molar-refractivity contribution is -0.128. The minimum Gasteiger partial charge on any atom is -0.458 e. The van der Waals surface area contributed by atoms with Gasteiger partial charge in [-0.05, 0) is 67.6 Å². The van der Waals surface area contributed by atoms with E-state index in [1.807, 2.05) is 0 Å². The lowest BCUT2D eigenvalue weighted by atomic mass is 10.0. The SMILES string of the molecule is C[C@@H](OC(=O)c1ccccc1)[C@H](OC(=O)c1ccccc1)[C@H](OC(=O)c1ccccc1)[C@@H](COC(=O)c1ccccc1)OC(=O)c1ccccc1. The van der Waals surface area contributed by atoms with Crippen LogP contribution in [-0.2, 0) is 23.7 Å². The van der Waals surface area contributed by atoms with Crippen LogP contribution in [0.2, 0.25) is 0 Å². The number of rotatable bonds is 14. The van der Waals surface area contributed by atoms with Crippen molar-refractivity contribution >= 4 is 29.8 Å². The van der Waals surface area contributed by atoms with Crippen LogP contribution >= 0.6 is 0 Å². The first-order valence-electron chi connectivity index (χ1n) is 16.1. The van der Waals surface area contributed by atoms with Crippen LogP contribution in [0.15, 0.2) is 152 Å². The Labute approximate surface area is 294 Å². The predicted octanol–water partition coefficient (Wildman–Crippen LogP) is 6.77. The van der Waals surface area contributed by atoms with E-state index in [0.717, 1.165) is 0 Å². The summed E-state index contributed by atoms with van der Waals surface area (Å²) in [5, 5.41) is 0. The molecule has 5 rings (SSSR count). The molecule has 0 bridgehead atoms. The van der Waals surface area contributed by atoms with Gasteiger partial charge in [-0.3, -0.25) is 0 Å². The second-order valence-corrected chi connectivity index (χ2v) is 11.2. The summed E-state index contributed by atoms with van der Waals surface area (Å²) in [6, 6.07) is 40.2. The summed E-state index contributed by atoms with van der Waals surface area (Å²) in [6.07, 6.45) is -6.16. The lowest BCUT2D eigenvalue weighted by Crippen LogP contribution is -2.52. The smallest absolute Gasteiger partial charge is 0.338 e. The molecule has 0 spiro atoms. The quantitative estimate of drug-likeness (QED) is 0.0911. The maximum absolute atomic E-state index is 13.7. The average Bonchev–Trinajstić information content (AvgIpc) is 3.19. The highest BCUT2D eigenvalue weighted by molar-refractivity contribution is 5.92.